The molecule has 2 rings (SSSR count). The number of hydrogen-bond acceptors (Lipinski definition) is 4. The van der Waals surface area contributed by atoms with Crippen molar-refractivity contribution in [1.82, 2.24) is 24.7 Å². The Morgan fingerprint density at radius 1 is 1.21 bits per heavy atom. The second-order valence-electron chi connectivity index (χ2n) is 3.21. The molecule has 0 radical (unpaired) electrons. The molecule has 2 aromatic rings. The Kier molecular flexibility index (Phi) is 2.22. The van der Waals surface area contributed by atoms with E-state index in [-0.39, 0.29) is 6.04 Å². The summed E-state index contributed by atoms with van der Waals surface area (Å²) in [6, 6.07) is 0.273. The van der Waals surface area contributed by atoms with Gasteiger partial charge in [0.2, 0.25) is 0 Å². The van der Waals surface area contributed by atoms with Crippen molar-refractivity contribution in [2.75, 3.05) is 0 Å². The highest BCUT2D eigenvalue weighted by Crippen LogP contribution is 2.15. The van der Waals surface area contributed by atoms with Crippen LogP contribution in [0.5, 0.6) is 0 Å². The van der Waals surface area contributed by atoms with Gasteiger partial charge in [-0.15, -0.1) is 0 Å². The van der Waals surface area contributed by atoms with Gasteiger partial charge in [0.15, 0.2) is 5.82 Å². The zero-order valence-electron chi connectivity index (χ0n) is 8.12. The van der Waals surface area contributed by atoms with Gasteiger partial charge in [-0.05, 0) is 13.8 Å². The first-order valence-electron chi connectivity index (χ1n) is 4.45. The molecule has 72 valence electrons. The SMILES string of the molecule is CC(C)n1ncnc1-c1cnccn1. The molecule has 2 heterocycles. The van der Waals surface area contributed by atoms with E-state index in [2.05, 4.69) is 33.9 Å². The largest absolute Gasteiger partial charge is 0.261 e. The van der Waals surface area contributed by atoms with Gasteiger partial charge in [-0.2, -0.15) is 5.10 Å². The number of nitrogens with zero attached hydrogens (tertiary/aromatic N) is 5. The monoisotopic (exact) mass is 189 g/mol. The first-order valence-corrected chi connectivity index (χ1v) is 4.45. The fourth-order valence-electron chi connectivity index (χ4n) is 1.23. The van der Waals surface area contributed by atoms with Crippen LogP contribution in [0.4, 0.5) is 0 Å². The molecule has 14 heavy (non-hydrogen) atoms. The standard InChI is InChI=1S/C9H11N5/c1-7(2)14-9(12-6-13-14)8-5-10-3-4-11-8/h3-7H,1-2H3. The average Bonchev–Trinajstić information content (AvgIpc) is 2.67. The molecular formula is C9H11N5. The lowest BCUT2D eigenvalue weighted by Crippen LogP contribution is -2.05. The molecule has 0 aliphatic carbocycles. The minimum absolute atomic E-state index is 0.273. The third kappa shape index (κ3) is 1.48. The van der Waals surface area contributed by atoms with E-state index in [0.717, 1.165) is 11.5 Å². The molecule has 0 saturated carbocycles. The molecule has 0 aliphatic rings. The Morgan fingerprint density at radius 3 is 2.71 bits per heavy atom. The van der Waals surface area contributed by atoms with Crippen molar-refractivity contribution in [3.63, 3.8) is 0 Å². The zero-order valence-corrected chi connectivity index (χ0v) is 8.12. The maximum Gasteiger partial charge on any atom is 0.178 e. The first kappa shape index (κ1) is 8.80. The molecule has 0 saturated heterocycles. The third-order valence-corrected chi connectivity index (χ3v) is 1.85. The van der Waals surface area contributed by atoms with Gasteiger partial charge in [0, 0.05) is 18.4 Å². The summed E-state index contributed by atoms with van der Waals surface area (Å²) in [5.41, 5.74) is 0.749. The molecule has 5 nitrogen and oxygen atoms in total. The summed E-state index contributed by atoms with van der Waals surface area (Å²) in [6.45, 7) is 4.10. The van der Waals surface area contributed by atoms with Crippen LogP contribution in [0.15, 0.2) is 24.9 Å². The van der Waals surface area contributed by atoms with Gasteiger partial charge in [-0.25, -0.2) is 14.6 Å². The number of rotatable bonds is 2. The lowest BCUT2D eigenvalue weighted by molar-refractivity contribution is 0.536. The maximum atomic E-state index is 4.18. The lowest BCUT2D eigenvalue weighted by Gasteiger charge is -2.07. The molecule has 5 heteroatoms. The Labute approximate surface area is 81.8 Å². The Bertz CT molecular complexity index is 406. The second-order valence-corrected chi connectivity index (χ2v) is 3.21. The first-order chi connectivity index (χ1) is 6.79. The van der Waals surface area contributed by atoms with Gasteiger partial charge in [-0.1, -0.05) is 0 Å². The Balaban J connectivity index is 2.47. The van der Waals surface area contributed by atoms with Crippen molar-refractivity contribution in [3.8, 4) is 11.5 Å². The second kappa shape index (κ2) is 3.53. The fraction of sp³-hybridized carbons (Fsp3) is 0.333. The van der Waals surface area contributed by atoms with Crippen molar-refractivity contribution >= 4 is 0 Å². The predicted octanol–water partition coefficient (Wildman–Crippen LogP) is 1.32. The van der Waals surface area contributed by atoms with E-state index in [1.807, 2.05) is 4.68 Å². The topological polar surface area (TPSA) is 56.5 Å². The molecular weight excluding hydrogens is 178 g/mol. The van der Waals surface area contributed by atoms with Crippen molar-refractivity contribution in [1.29, 1.82) is 0 Å². The third-order valence-electron chi connectivity index (χ3n) is 1.85. The highest BCUT2D eigenvalue weighted by Gasteiger charge is 2.10. The molecule has 0 N–H and O–H groups in total. The summed E-state index contributed by atoms with van der Waals surface area (Å²) < 4.78 is 1.82. The van der Waals surface area contributed by atoms with Gasteiger partial charge in [-0.3, -0.25) is 4.98 Å². The Morgan fingerprint density at radius 2 is 2.07 bits per heavy atom. The van der Waals surface area contributed by atoms with Crippen molar-refractivity contribution < 1.29 is 0 Å². The summed E-state index contributed by atoms with van der Waals surface area (Å²) in [7, 11) is 0. The van der Waals surface area contributed by atoms with Crippen LogP contribution in [0.25, 0.3) is 11.5 Å². The number of aromatic nitrogens is 5. The molecule has 0 spiro atoms. The van der Waals surface area contributed by atoms with Crippen molar-refractivity contribution in [2.24, 2.45) is 0 Å². The fourth-order valence-corrected chi connectivity index (χ4v) is 1.23. The molecule has 0 aliphatic heterocycles. The molecule has 0 bridgehead atoms. The van der Waals surface area contributed by atoms with Crippen molar-refractivity contribution in [2.45, 2.75) is 19.9 Å². The number of hydrogen-bond donors (Lipinski definition) is 0. The summed E-state index contributed by atoms with van der Waals surface area (Å²) in [6.07, 6.45) is 6.50. The predicted molar refractivity (Wildman–Crippen MR) is 51.4 cm³/mol. The molecule has 0 amide bonds. The van der Waals surface area contributed by atoms with Gasteiger partial charge >= 0.3 is 0 Å². The summed E-state index contributed by atoms with van der Waals surface area (Å²) in [5, 5.41) is 4.13. The summed E-state index contributed by atoms with van der Waals surface area (Å²) >= 11 is 0. The van der Waals surface area contributed by atoms with Gasteiger partial charge in [0.05, 0.1) is 6.20 Å². The van der Waals surface area contributed by atoms with E-state index in [0.29, 0.717) is 0 Å². The quantitative estimate of drug-likeness (QED) is 0.714. The smallest absolute Gasteiger partial charge is 0.178 e. The maximum absolute atomic E-state index is 4.18. The average molecular weight is 189 g/mol. The van der Waals surface area contributed by atoms with Crippen LogP contribution in [0.3, 0.4) is 0 Å². The van der Waals surface area contributed by atoms with E-state index >= 15 is 0 Å². The van der Waals surface area contributed by atoms with E-state index in [4.69, 9.17) is 0 Å². The van der Waals surface area contributed by atoms with E-state index in [1.54, 1.807) is 18.6 Å². The zero-order chi connectivity index (χ0) is 9.97. The van der Waals surface area contributed by atoms with E-state index in [1.165, 1.54) is 6.33 Å². The van der Waals surface area contributed by atoms with Gasteiger partial charge in [0.1, 0.15) is 12.0 Å². The van der Waals surface area contributed by atoms with Crippen LogP contribution in [0.1, 0.15) is 19.9 Å². The highest BCUT2D eigenvalue weighted by molar-refractivity contribution is 5.46. The van der Waals surface area contributed by atoms with Crippen LogP contribution >= 0.6 is 0 Å². The lowest BCUT2D eigenvalue weighted by atomic mass is 10.3. The van der Waals surface area contributed by atoms with Crippen molar-refractivity contribution in [3.05, 3.63) is 24.9 Å². The molecule has 0 unspecified atom stereocenters. The van der Waals surface area contributed by atoms with Crippen LogP contribution in [-0.2, 0) is 0 Å². The highest BCUT2D eigenvalue weighted by atomic mass is 15.3. The van der Waals surface area contributed by atoms with Crippen LogP contribution < -0.4 is 0 Å². The summed E-state index contributed by atoms with van der Waals surface area (Å²) in [4.78, 5) is 12.3. The summed E-state index contributed by atoms with van der Waals surface area (Å²) in [5.74, 6) is 0.758. The van der Waals surface area contributed by atoms with E-state index in [9.17, 15) is 0 Å². The normalized spacial score (nSPS) is 10.8. The van der Waals surface area contributed by atoms with Crippen LogP contribution in [0, 0.1) is 0 Å². The molecule has 0 fully saturated rings. The van der Waals surface area contributed by atoms with Crippen LogP contribution in [-0.4, -0.2) is 24.7 Å². The molecule has 2 aromatic heterocycles. The van der Waals surface area contributed by atoms with Gasteiger partial charge in [0.25, 0.3) is 0 Å². The van der Waals surface area contributed by atoms with Gasteiger partial charge < -0.3 is 0 Å². The molecule has 0 atom stereocenters. The Hall–Kier alpha value is -1.78. The minimum atomic E-state index is 0.273. The van der Waals surface area contributed by atoms with E-state index < -0.39 is 0 Å². The minimum Gasteiger partial charge on any atom is -0.261 e. The molecule has 0 aromatic carbocycles. The van der Waals surface area contributed by atoms with Crippen LogP contribution in [0.2, 0.25) is 0 Å².